The molecule has 1 amide bonds. The Morgan fingerprint density at radius 2 is 2.05 bits per heavy atom. The van der Waals surface area contributed by atoms with E-state index in [0.717, 1.165) is 18.6 Å². The molecule has 0 spiro atoms. The van der Waals surface area contributed by atoms with Gasteiger partial charge in [-0.1, -0.05) is 5.16 Å². The zero-order chi connectivity index (χ0) is 15.5. The molecule has 0 aliphatic heterocycles. The van der Waals surface area contributed by atoms with E-state index in [2.05, 4.69) is 10.5 Å². The number of nitrogens with zero attached hydrogens (tertiary/aromatic N) is 1. The Kier molecular flexibility index (Phi) is 3.78. The molecule has 1 aliphatic carbocycles. The van der Waals surface area contributed by atoms with Gasteiger partial charge in [0, 0.05) is 17.7 Å². The van der Waals surface area contributed by atoms with Gasteiger partial charge in [0.25, 0.3) is 5.91 Å². The summed E-state index contributed by atoms with van der Waals surface area (Å²) >= 11 is 0. The molecule has 0 radical (unpaired) electrons. The summed E-state index contributed by atoms with van der Waals surface area (Å²) in [6.45, 7) is -0.408. The molecular weight excluding hydrogens is 288 g/mol. The third-order valence-corrected chi connectivity index (χ3v) is 3.22. The van der Waals surface area contributed by atoms with Gasteiger partial charge in [-0.2, -0.15) is 0 Å². The molecule has 1 aromatic carbocycles. The Morgan fingerprint density at radius 3 is 2.68 bits per heavy atom. The van der Waals surface area contributed by atoms with Crippen molar-refractivity contribution in [2.24, 2.45) is 0 Å². The first-order valence-corrected chi connectivity index (χ1v) is 6.84. The number of carboxylic acids is 1. The van der Waals surface area contributed by atoms with E-state index < -0.39 is 12.6 Å². The second-order valence-corrected chi connectivity index (χ2v) is 5.05. The average molecular weight is 302 g/mol. The van der Waals surface area contributed by atoms with Gasteiger partial charge in [0.1, 0.15) is 11.5 Å². The Bertz CT molecular complexity index is 688. The van der Waals surface area contributed by atoms with E-state index in [1.165, 1.54) is 0 Å². The predicted molar refractivity (Wildman–Crippen MR) is 76.0 cm³/mol. The minimum Gasteiger partial charge on any atom is -0.482 e. The number of benzene rings is 1. The van der Waals surface area contributed by atoms with Crippen LogP contribution in [-0.4, -0.2) is 28.7 Å². The summed E-state index contributed by atoms with van der Waals surface area (Å²) in [5.41, 5.74) is 0.803. The molecule has 22 heavy (non-hydrogen) atoms. The van der Waals surface area contributed by atoms with Crippen LogP contribution in [-0.2, 0) is 4.79 Å². The number of nitrogens with one attached hydrogen (secondary N) is 1. The number of hydrogen-bond acceptors (Lipinski definition) is 5. The molecule has 0 bridgehead atoms. The second kappa shape index (κ2) is 5.88. The summed E-state index contributed by atoms with van der Waals surface area (Å²) in [4.78, 5) is 22.4. The number of carbonyl (C=O) groups is 2. The van der Waals surface area contributed by atoms with Crippen LogP contribution in [0.2, 0.25) is 0 Å². The highest BCUT2D eigenvalue weighted by Crippen LogP contribution is 2.40. The average Bonchev–Trinajstić information content (AvgIpc) is 3.23. The largest absolute Gasteiger partial charge is 0.482 e. The van der Waals surface area contributed by atoms with E-state index >= 15 is 0 Å². The molecule has 114 valence electrons. The highest BCUT2D eigenvalue weighted by atomic mass is 16.5. The molecule has 0 atom stereocenters. The molecule has 0 saturated heterocycles. The van der Waals surface area contributed by atoms with Crippen LogP contribution in [0.1, 0.15) is 35.0 Å². The topological polar surface area (TPSA) is 102 Å². The Labute approximate surface area is 125 Å². The number of carboxylic acid groups (broad SMARTS) is 1. The molecule has 7 nitrogen and oxygen atoms in total. The summed E-state index contributed by atoms with van der Waals surface area (Å²) in [7, 11) is 0. The molecule has 1 aliphatic rings. The fraction of sp³-hybridized carbons (Fsp3) is 0.267. The number of ether oxygens (including phenoxy) is 1. The summed E-state index contributed by atoms with van der Waals surface area (Å²) < 4.78 is 10.1. The number of anilines is 1. The van der Waals surface area contributed by atoms with Crippen LogP contribution in [0, 0.1) is 0 Å². The third kappa shape index (κ3) is 3.43. The van der Waals surface area contributed by atoms with Crippen molar-refractivity contribution in [3.05, 3.63) is 41.8 Å². The molecule has 3 rings (SSSR count). The molecule has 1 aromatic heterocycles. The van der Waals surface area contributed by atoms with Gasteiger partial charge in [0.15, 0.2) is 12.3 Å². The van der Waals surface area contributed by atoms with Crippen LogP contribution in [0.5, 0.6) is 5.75 Å². The second-order valence-electron chi connectivity index (χ2n) is 5.05. The lowest BCUT2D eigenvalue weighted by Crippen LogP contribution is -2.12. The van der Waals surface area contributed by atoms with Crippen molar-refractivity contribution >= 4 is 17.6 Å². The zero-order valence-electron chi connectivity index (χ0n) is 11.6. The van der Waals surface area contributed by atoms with E-state index in [0.29, 0.717) is 17.4 Å². The van der Waals surface area contributed by atoms with E-state index in [9.17, 15) is 9.59 Å². The Hall–Kier alpha value is -2.83. The number of amides is 1. The van der Waals surface area contributed by atoms with E-state index in [4.69, 9.17) is 14.4 Å². The van der Waals surface area contributed by atoms with Crippen molar-refractivity contribution in [1.29, 1.82) is 0 Å². The quantitative estimate of drug-likeness (QED) is 0.848. The van der Waals surface area contributed by atoms with Crippen LogP contribution in [0.15, 0.2) is 34.9 Å². The van der Waals surface area contributed by atoms with Gasteiger partial charge in [-0.05, 0) is 37.1 Å². The van der Waals surface area contributed by atoms with Crippen molar-refractivity contribution < 1.29 is 24.0 Å². The maximum atomic E-state index is 12.0. The number of hydrogen-bond donors (Lipinski definition) is 2. The number of aliphatic carboxylic acids is 1. The highest BCUT2D eigenvalue weighted by Gasteiger charge is 2.28. The van der Waals surface area contributed by atoms with E-state index in [1.54, 1.807) is 30.3 Å². The smallest absolute Gasteiger partial charge is 0.341 e. The zero-order valence-corrected chi connectivity index (χ0v) is 11.6. The van der Waals surface area contributed by atoms with Crippen molar-refractivity contribution in [3.63, 3.8) is 0 Å². The van der Waals surface area contributed by atoms with Gasteiger partial charge < -0.3 is 19.7 Å². The third-order valence-electron chi connectivity index (χ3n) is 3.22. The van der Waals surface area contributed by atoms with Crippen molar-refractivity contribution in [1.82, 2.24) is 5.16 Å². The van der Waals surface area contributed by atoms with Crippen LogP contribution < -0.4 is 10.1 Å². The monoisotopic (exact) mass is 302 g/mol. The number of carbonyl (C=O) groups excluding carboxylic acids is 1. The normalized spacial score (nSPS) is 13.6. The molecule has 2 N–H and O–H groups in total. The molecular formula is C15H14N2O5. The van der Waals surface area contributed by atoms with Crippen molar-refractivity contribution in [3.8, 4) is 5.75 Å². The van der Waals surface area contributed by atoms with Gasteiger partial charge in [0.05, 0.1) is 0 Å². The number of aromatic nitrogens is 1. The first-order chi connectivity index (χ1) is 10.6. The summed E-state index contributed by atoms with van der Waals surface area (Å²) in [6, 6.07) is 8.07. The fourth-order valence-electron chi connectivity index (χ4n) is 1.93. The maximum Gasteiger partial charge on any atom is 0.341 e. The van der Waals surface area contributed by atoms with Crippen LogP contribution in [0.25, 0.3) is 0 Å². The number of rotatable bonds is 6. The van der Waals surface area contributed by atoms with Gasteiger partial charge in [0.2, 0.25) is 0 Å². The van der Waals surface area contributed by atoms with Crippen LogP contribution >= 0.6 is 0 Å². The lowest BCUT2D eigenvalue weighted by atomic mass is 10.2. The maximum absolute atomic E-state index is 12.0. The minimum atomic E-state index is -1.05. The van der Waals surface area contributed by atoms with Gasteiger partial charge in [-0.25, -0.2) is 4.79 Å². The molecule has 0 unspecified atom stereocenters. The van der Waals surface area contributed by atoms with E-state index in [-0.39, 0.29) is 11.6 Å². The van der Waals surface area contributed by atoms with E-state index in [1.807, 2.05) is 0 Å². The molecule has 2 aromatic rings. The SMILES string of the molecule is O=C(O)COc1ccc(NC(=O)c2cc(C3CC3)on2)cc1. The molecule has 7 heteroatoms. The highest BCUT2D eigenvalue weighted by molar-refractivity contribution is 6.02. The van der Waals surface area contributed by atoms with Gasteiger partial charge in [-0.3, -0.25) is 4.79 Å². The summed E-state index contributed by atoms with van der Waals surface area (Å²) in [6.07, 6.45) is 2.15. The first-order valence-electron chi connectivity index (χ1n) is 6.84. The summed E-state index contributed by atoms with van der Waals surface area (Å²) in [5.74, 6) is 0.171. The Morgan fingerprint density at radius 1 is 1.32 bits per heavy atom. The minimum absolute atomic E-state index is 0.244. The first kappa shape index (κ1) is 14.1. The Balaban J connectivity index is 1.59. The standard InChI is InChI=1S/C15H14N2O5/c18-14(19)8-21-11-5-3-10(4-6-11)16-15(20)12-7-13(22-17-12)9-1-2-9/h3-7,9H,1-2,8H2,(H,16,20)(H,18,19). The fourth-order valence-corrected chi connectivity index (χ4v) is 1.93. The van der Waals surface area contributed by atoms with Crippen molar-refractivity contribution in [2.75, 3.05) is 11.9 Å². The van der Waals surface area contributed by atoms with Gasteiger partial charge >= 0.3 is 5.97 Å². The van der Waals surface area contributed by atoms with Crippen molar-refractivity contribution in [2.45, 2.75) is 18.8 Å². The molecule has 1 heterocycles. The van der Waals surface area contributed by atoms with Crippen LogP contribution in [0.3, 0.4) is 0 Å². The van der Waals surface area contributed by atoms with Gasteiger partial charge in [-0.15, -0.1) is 0 Å². The summed E-state index contributed by atoms with van der Waals surface area (Å²) in [5, 5.41) is 15.0. The lowest BCUT2D eigenvalue weighted by molar-refractivity contribution is -0.139. The molecule has 1 saturated carbocycles. The van der Waals surface area contributed by atoms with Crippen LogP contribution in [0.4, 0.5) is 5.69 Å². The molecule has 1 fully saturated rings. The lowest BCUT2D eigenvalue weighted by Gasteiger charge is -2.05. The predicted octanol–water partition coefficient (Wildman–Crippen LogP) is 2.27.